The van der Waals surface area contributed by atoms with Crippen LogP contribution in [0.1, 0.15) is 60.3 Å². The molecule has 0 aliphatic rings. The Labute approximate surface area is 87.7 Å². The van der Waals surface area contributed by atoms with Crippen LogP contribution in [-0.4, -0.2) is 11.1 Å². The first-order valence-electron chi connectivity index (χ1n) is 5.49. The van der Waals surface area contributed by atoms with Gasteiger partial charge in [-0.25, -0.2) is 0 Å². The third-order valence-electron chi connectivity index (χ3n) is 3.41. The predicted molar refractivity (Wildman–Crippen MR) is 59.3 cm³/mol. The fourth-order valence-corrected chi connectivity index (χ4v) is 1.53. The zero-order chi connectivity index (χ0) is 11.4. The second kappa shape index (κ2) is 4.81. The Hall–Kier alpha value is -0.530. The molecule has 0 heterocycles. The number of aliphatic carboxylic acids is 1. The van der Waals surface area contributed by atoms with Gasteiger partial charge in [-0.2, -0.15) is 0 Å². The van der Waals surface area contributed by atoms with Crippen LogP contribution in [0.5, 0.6) is 0 Å². The molecule has 84 valence electrons. The van der Waals surface area contributed by atoms with Crippen molar-refractivity contribution in [3.63, 3.8) is 0 Å². The zero-order valence-electron chi connectivity index (χ0n) is 10.2. The van der Waals surface area contributed by atoms with Crippen molar-refractivity contribution in [3.05, 3.63) is 0 Å². The van der Waals surface area contributed by atoms with Gasteiger partial charge in [0.05, 0.1) is 5.41 Å². The highest BCUT2D eigenvalue weighted by Gasteiger charge is 2.43. The van der Waals surface area contributed by atoms with Crippen molar-refractivity contribution < 1.29 is 9.90 Å². The van der Waals surface area contributed by atoms with Crippen LogP contribution in [0.2, 0.25) is 0 Å². The quantitative estimate of drug-likeness (QED) is 0.687. The largest absolute Gasteiger partial charge is 0.481 e. The first-order valence-corrected chi connectivity index (χ1v) is 5.49. The van der Waals surface area contributed by atoms with Gasteiger partial charge >= 0.3 is 5.97 Å². The van der Waals surface area contributed by atoms with Crippen LogP contribution >= 0.6 is 0 Å². The lowest BCUT2D eigenvalue weighted by Gasteiger charge is -2.38. The van der Waals surface area contributed by atoms with Crippen molar-refractivity contribution in [1.82, 2.24) is 0 Å². The lowest BCUT2D eigenvalue weighted by Crippen LogP contribution is -2.40. The van der Waals surface area contributed by atoms with Gasteiger partial charge in [0.1, 0.15) is 0 Å². The SMILES string of the molecule is CCCCCC(C)(C(=O)O)C(C)(C)C. The molecule has 0 radical (unpaired) electrons. The van der Waals surface area contributed by atoms with Gasteiger partial charge in [0, 0.05) is 0 Å². The summed E-state index contributed by atoms with van der Waals surface area (Å²) in [6.45, 7) is 10.0. The molecule has 0 aromatic rings. The lowest BCUT2D eigenvalue weighted by molar-refractivity contribution is -0.155. The fourth-order valence-electron chi connectivity index (χ4n) is 1.53. The molecule has 0 aliphatic heterocycles. The van der Waals surface area contributed by atoms with Gasteiger partial charge in [0.2, 0.25) is 0 Å². The summed E-state index contributed by atoms with van der Waals surface area (Å²) < 4.78 is 0. The van der Waals surface area contributed by atoms with Crippen LogP contribution in [-0.2, 0) is 4.79 Å². The number of hydrogen-bond acceptors (Lipinski definition) is 1. The topological polar surface area (TPSA) is 37.3 Å². The summed E-state index contributed by atoms with van der Waals surface area (Å²) in [4.78, 5) is 11.3. The summed E-state index contributed by atoms with van der Waals surface area (Å²) in [7, 11) is 0. The van der Waals surface area contributed by atoms with E-state index < -0.39 is 11.4 Å². The monoisotopic (exact) mass is 200 g/mol. The Kier molecular flexibility index (Phi) is 4.63. The Morgan fingerprint density at radius 1 is 1.14 bits per heavy atom. The molecule has 0 saturated heterocycles. The average Bonchev–Trinajstić information content (AvgIpc) is 2.02. The third-order valence-corrected chi connectivity index (χ3v) is 3.41. The average molecular weight is 200 g/mol. The number of hydrogen-bond donors (Lipinski definition) is 1. The molecular formula is C12H24O2. The van der Waals surface area contributed by atoms with E-state index in [1.165, 1.54) is 0 Å². The molecule has 0 saturated carbocycles. The van der Waals surface area contributed by atoms with Crippen LogP contribution in [0.4, 0.5) is 0 Å². The normalized spacial score (nSPS) is 16.4. The Bertz CT molecular complexity index is 191. The van der Waals surface area contributed by atoms with Gasteiger partial charge in [0.15, 0.2) is 0 Å². The Morgan fingerprint density at radius 3 is 1.93 bits per heavy atom. The molecule has 0 aromatic heterocycles. The van der Waals surface area contributed by atoms with Gasteiger partial charge in [-0.1, -0.05) is 47.0 Å². The van der Waals surface area contributed by atoms with E-state index in [1.807, 2.05) is 27.7 Å². The van der Waals surface area contributed by atoms with E-state index in [0.717, 1.165) is 25.7 Å². The van der Waals surface area contributed by atoms with E-state index >= 15 is 0 Å². The smallest absolute Gasteiger partial charge is 0.309 e. The van der Waals surface area contributed by atoms with Gasteiger partial charge in [-0.05, 0) is 18.8 Å². The maximum atomic E-state index is 11.3. The van der Waals surface area contributed by atoms with E-state index in [-0.39, 0.29) is 5.41 Å². The van der Waals surface area contributed by atoms with Crippen molar-refractivity contribution in [2.75, 3.05) is 0 Å². The molecule has 0 aliphatic carbocycles. The highest BCUT2D eigenvalue weighted by atomic mass is 16.4. The van der Waals surface area contributed by atoms with Crippen LogP contribution < -0.4 is 0 Å². The molecule has 1 unspecified atom stereocenters. The summed E-state index contributed by atoms with van der Waals surface area (Å²) in [5.41, 5.74) is -0.769. The molecule has 0 aromatic carbocycles. The molecule has 14 heavy (non-hydrogen) atoms. The van der Waals surface area contributed by atoms with Crippen molar-refractivity contribution in [1.29, 1.82) is 0 Å². The van der Waals surface area contributed by atoms with Crippen molar-refractivity contribution in [3.8, 4) is 0 Å². The fraction of sp³-hybridized carbons (Fsp3) is 0.917. The minimum absolute atomic E-state index is 0.174. The number of unbranched alkanes of at least 4 members (excludes halogenated alkanes) is 2. The van der Waals surface area contributed by atoms with Crippen molar-refractivity contribution >= 4 is 5.97 Å². The maximum Gasteiger partial charge on any atom is 0.309 e. The number of carboxylic acid groups (broad SMARTS) is 1. The van der Waals surface area contributed by atoms with E-state index in [2.05, 4.69) is 6.92 Å². The highest BCUT2D eigenvalue weighted by Crippen LogP contribution is 2.42. The molecule has 1 atom stereocenters. The maximum absolute atomic E-state index is 11.3. The Balaban J connectivity index is 4.50. The van der Waals surface area contributed by atoms with Crippen LogP contribution in [0.25, 0.3) is 0 Å². The second-order valence-corrected chi connectivity index (χ2v) is 5.34. The van der Waals surface area contributed by atoms with E-state index in [1.54, 1.807) is 0 Å². The molecule has 2 heteroatoms. The molecule has 0 rings (SSSR count). The standard InChI is InChI=1S/C12H24O2/c1-6-7-8-9-12(5,10(13)14)11(2,3)4/h6-9H2,1-5H3,(H,13,14). The van der Waals surface area contributed by atoms with Gasteiger partial charge < -0.3 is 5.11 Å². The molecular weight excluding hydrogens is 176 g/mol. The van der Waals surface area contributed by atoms with Crippen LogP contribution in [0.3, 0.4) is 0 Å². The van der Waals surface area contributed by atoms with Gasteiger partial charge in [0.25, 0.3) is 0 Å². The number of carboxylic acids is 1. The van der Waals surface area contributed by atoms with Crippen LogP contribution in [0.15, 0.2) is 0 Å². The predicted octanol–water partition coefficient (Wildman–Crippen LogP) is 3.70. The summed E-state index contributed by atoms with van der Waals surface area (Å²) in [6, 6.07) is 0. The summed E-state index contributed by atoms with van der Waals surface area (Å²) in [5, 5.41) is 9.27. The Morgan fingerprint density at radius 2 is 1.64 bits per heavy atom. The molecule has 2 nitrogen and oxygen atoms in total. The van der Waals surface area contributed by atoms with Gasteiger partial charge in [-0.15, -0.1) is 0 Å². The summed E-state index contributed by atoms with van der Waals surface area (Å²) in [6.07, 6.45) is 4.05. The van der Waals surface area contributed by atoms with E-state index in [4.69, 9.17) is 0 Å². The highest BCUT2D eigenvalue weighted by molar-refractivity contribution is 5.75. The molecule has 0 spiro atoms. The molecule has 0 fully saturated rings. The first-order chi connectivity index (χ1) is 6.25. The second-order valence-electron chi connectivity index (χ2n) is 5.34. The minimum atomic E-state index is -0.666. The van der Waals surface area contributed by atoms with Crippen molar-refractivity contribution in [2.24, 2.45) is 10.8 Å². The van der Waals surface area contributed by atoms with Crippen LogP contribution in [0, 0.1) is 10.8 Å². The molecule has 0 amide bonds. The zero-order valence-corrected chi connectivity index (χ0v) is 10.2. The third kappa shape index (κ3) is 3.00. The number of carbonyl (C=O) groups is 1. The van der Waals surface area contributed by atoms with E-state index in [9.17, 15) is 9.90 Å². The van der Waals surface area contributed by atoms with Crippen molar-refractivity contribution in [2.45, 2.75) is 60.3 Å². The number of rotatable bonds is 5. The summed E-state index contributed by atoms with van der Waals surface area (Å²) in [5.74, 6) is -0.666. The molecule has 1 N–H and O–H groups in total. The van der Waals surface area contributed by atoms with E-state index in [0.29, 0.717) is 0 Å². The lowest BCUT2D eigenvalue weighted by atomic mass is 9.65. The minimum Gasteiger partial charge on any atom is -0.481 e. The van der Waals surface area contributed by atoms with Gasteiger partial charge in [-0.3, -0.25) is 4.79 Å². The summed E-state index contributed by atoms with van der Waals surface area (Å²) >= 11 is 0. The molecule has 0 bridgehead atoms. The first kappa shape index (κ1) is 13.5.